The number of alkyl halides is 3. The van der Waals surface area contributed by atoms with Crippen molar-refractivity contribution in [3.63, 3.8) is 0 Å². The number of ether oxygens (including phenoxy) is 2. The van der Waals surface area contributed by atoms with Crippen molar-refractivity contribution in [2.24, 2.45) is 0 Å². The molecular formula is C40H39F5N4O7. The van der Waals surface area contributed by atoms with Crippen LogP contribution in [0.2, 0.25) is 0 Å². The fraction of sp³-hybridized carbons (Fsp3) is 0.275. The van der Waals surface area contributed by atoms with Crippen LogP contribution in [0.1, 0.15) is 45.7 Å². The van der Waals surface area contributed by atoms with Gasteiger partial charge in [0.1, 0.15) is 12.2 Å². The molecule has 4 aromatic carbocycles. The Morgan fingerprint density at radius 3 is 1.82 bits per heavy atom. The summed E-state index contributed by atoms with van der Waals surface area (Å²) in [6.07, 6.45) is -6.33. The predicted octanol–water partition coefficient (Wildman–Crippen LogP) is 7.01. The Hall–Kier alpha value is -6.32. The second-order valence-corrected chi connectivity index (χ2v) is 12.7. The maximum atomic E-state index is 16.2. The molecule has 0 atom stereocenters. The van der Waals surface area contributed by atoms with Crippen LogP contribution >= 0.6 is 0 Å². The van der Waals surface area contributed by atoms with Gasteiger partial charge in [-0.3, -0.25) is 19.2 Å². The van der Waals surface area contributed by atoms with E-state index in [9.17, 15) is 37.1 Å². The van der Waals surface area contributed by atoms with E-state index in [2.05, 4.69) is 5.32 Å². The van der Waals surface area contributed by atoms with Gasteiger partial charge in [0.05, 0.1) is 11.3 Å². The van der Waals surface area contributed by atoms with Gasteiger partial charge in [-0.1, -0.05) is 60.7 Å². The highest BCUT2D eigenvalue weighted by atomic mass is 19.4. The minimum Gasteiger partial charge on any atom is -0.432 e. The van der Waals surface area contributed by atoms with Crippen molar-refractivity contribution in [2.45, 2.75) is 25.4 Å². The molecule has 0 bridgehead atoms. The van der Waals surface area contributed by atoms with Crippen molar-refractivity contribution in [3.05, 3.63) is 119 Å². The van der Waals surface area contributed by atoms with Crippen LogP contribution < -0.4 is 10.1 Å². The number of rotatable bonds is 12. The number of amides is 4. The Morgan fingerprint density at radius 2 is 1.29 bits per heavy atom. The van der Waals surface area contributed by atoms with Gasteiger partial charge in [0.25, 0.3) is 11.8 Å². The molecule has 0 radical (unpaired) electrons. The van der Waals surface area contributed by atoms with Gasteiger partial charge >= 0.3 is 12.3 Å². The Kier molecular flexibility index (Phi) is 13.2. The van der Waals surface area contributed by atoms with Gasteiger partial charge in [-0.05, 0) is 48.7 Å². The monoisotopic (exact) mass is 782 g/mol. The van der Waals surface area contributed by atoms with E-state index < -0.39 is 82.2 Å². The maximum absolute atomic E-state index is 16.2. The number of hydrogen-bond donors (Lipinski definition) is 1. The number of anilines is 1. The molecule has 16 heteroatoms. The highest BCUT2D eigenvalue weighted by Gasteiger charge is 2.51. The van der Waals surface area contributed by atoms with Gasteiger partial charge in [0.15, 0.2) is 17.0 Å². The molecule has 4 amide bonds. The zero-order valence-electron chi connectivity index (χ0n) is 31.3. The summed E-state index contributed by atoms with van der Waals surface area (Å²) >= 11 is 0. The van der Waals surface area contributed by atoms with E-state index in [1.807, 2.05) is 0 Å². The van der Waals surface area contributed by atoms with Crippen LogP contribution in [-0.2, 0) is 25.9 Å². The first-order valence-corrected chi connectivity index (χ1v) is 17.1. The van der Waals surface area contributed by atoms with E-state index in [1.54, 1.807) is 32.0 Å². The topological polar surface area (TPSA) is 126 Å². The lowest BCUT2D eigenvalue weighted by molar-refractivity contribution is -0.151. The second-order valence-electron chi connectivity index (χ2n) is 12.7. The van der Waals surface area contributed by atoms with Crippen molar-refractivity contribution in [1.82, 2.24) is 14.7 Å². The normalized spacial score (nSPS) is 11.3. The van der Waals surface area contributed by atoms with Crippen LogP contribution in [0, 0.1) is 11.6 Å². The van der Waals surface area contributed by atoms with E-state index in [0.29, 0.717) is 6.07 Å². The van der Waals surface area contributed by atoms with Crippen LogP contribution in [0.15, 0.2) is 84.9 Å². The lowest BCUT2D eigenvalue weighted by atomic mass is 9.78. The molecule has 4 aromatic rings. The van der Waals surface area contributed by atoms with Crippen molar-refractivity contribution in [2.75, 3.05) is 53.2 Å². The quantitative estimate of drug-likeness (QED) is 0.0710. The van der Waals surface area contributed by atoms with E-state index in [0.717, 1.165) is 29.2 Å². The molecule has 0 saturated heterocycles. The summed E-state index contributed by atoms with van der Waals surface area (Å²) in [5.41, 5.74) is -4.21. The van der Waals surface area contributed by atoms with E-state index in [1.165, 1.54) is 74.4 Å². The maximum Gasteiger partial charge on any atom is 0.514 e. The van der Waals surface area contributed by atoms with Crippen molar-refractivity contribution in [1.29, 1.82) is 0 Å². The number of nitrogens with one attached hydrogen (secondary N) is 1. The summed E-state index contributed by atoms with van der Waals surface area (Å²) in [5, 5.41) is 2.29. The van der Waals surface area contributed by atoms with Gasteiger partial charge in [0.2, 0.25) is 17.6 Å². The van der Waals surface area contributed by atoms with Crippen LogP contribution in [0.25, 0.3) is 11.1 Å². The number of hydrogen-bond acceptors (Lipinski definition) is 7. The first-order valence-electron chi connectivity index (χ1n) is 17.1. The molecule has 1 N–H and O–H groups in total. The molecule has 4 rings (SSSR count). The number of likely N-dealkylation sites (N-methyl/N-ethyl adjacent to an activating group) is 2. The molecule has 56 heavy (non-hydrogen) atoms. The molecular weight excluding hydrogens is 743 g/mol. The van der Waals surface area contributed by atoms with Crippen LogP contribution in [0.3, 0.4) is 0 Å². The van der Waals surface area contributed by atoms with E-state index in [-0.39, 0.29) is 35.3 Å². The molecule has 296 valence electrons. The molecule has 0 unspecified atom stereocenters. The zero-order chi connectivity index (χ0) is 41.5. The lowest BCUT2D eigenvalue weighted by Gasteiger charge is -2.36. The largest absolute Gasteiger partial charge is 0.514 e. The van der Waals surface area contributed by atoms with Crippen molar-refractivity contribution < 1.29 is 55.4 Å². The lowest BCUT2D eigenvalue weighted by Crippen LogP contribution is -2.58. The summed E-state index contributed by atoms with van der Waals surface area (Å²) < 4.78 is 81.6. The predicted molar refractivity (Wildman–Crippen MR) is 196 cm³/mol. The summed E-state index contributed by atoms with van der Waals surface area (Å²) in [6.45, 7) is 2.73. The van der Waals surface area contributed by atoms with Crippen LogP contribution in [-0.4, -0.2) is 92.4 Å². The first-order chi connectivity index (χ1) is 26.4. The molecule has 0 aliphatic rings. The van der Waals surface area contributed by atoms with Gasteiger partial charge < -0.3 is 29.5 Å². The van der Waals surface area contributed by atoms with Gasteiger partial charge in [-0.25, -0.2) is 13.6 Å². The Morgan fingerprint density at radius 1 is 0.732 bits per heavy atom. The van der Waals surface area contributed by atoms with Crippen LogP contribution in [0.5, 0.6) is 5.75 Å². The second kappa shape index (κ2) is 17.4. The third kappa shape index (κ3) is 8.80. The first kappa shape index (κ1) is 42.4. The molecule has 0 heterocycles. The molecule has 0 saturated carbocycles. The molecule has 0 aliphatic heterocycles. The van der Waals surface area contributed by atoms with E-state index >= 15 is 8.78 Å². The van der Waals surface area contributed by atoms with Crippen LogP contribution in [0.4, 0.5) is 32.4 Å². The fourth-order valence-electron chi connectivity index (χ4n) is 5.67. The van der Waals surface area contributed by atoms with E-state index in [4.69, 9.17) is 9.47 Å². The average Bonchev–Trinajstić information content (AvgIpc) is 3.18. The third-order valence-corrected chi connectivity index (χ3v) is 8.97. The average molecular weight is 783 g/mol. The number of carbonyl (C=O) groups excluding carboxylic acids is 5. The summed E-state index contributed by atoms with van der Waals surface area (Å²) in [7, 11) is 5.37. The summed E-state index contributed by atoms with van der Waals surface area (Å²) in [4.78, 5) is 71.2. The molecule has 0 aromatic heterocycles. The SMILES string of the molecule is CCN(C)C(=O)C(COC(=O)Oc1c(F)cc(NC(=O)c2ccccc2-c2ccc(C(F)(F)F)cc2)c(C(=O)N(C)C)c1F)(C(=O)N(C)CC)c1ccccc1. The number of carbonyl (C=O) groups is 5. The zero-order valence-corrected chi connectivity index (χ0v) is 31.3. The molecule has 11 nitrogen and oxygen atoms in total. The minimum absolute atomic E-state index is 0.117. The Labute approximate surface area is 319 Å². The third-order valence-electron chi connectivity index (χ3n) is 8.97. The summed E-state index contributed by atoms with van der Waals surface area (Å²) in [6, 6.07) is 18.0. The van der Waals surface area contributed by atoms with Crippen molar-refractivity contribution >= 4 is 35.5 Å². The smallest absolute Gasteiger partial charge is 0.432 e. The Balaban J connectivity index is 1.70. The number of benzene rings is 4. The standard InChI is InChI=1S/C40H39F5N4O7/c1-7-48(5)36(52)39(37(53)49(6)8-2,25-14-10-9-11-15-25)23-55-38(54)56-33-29(41)22-30(31(32(33)42)35(51)47(3)4)46-34(50)28-17-13-12-16-27(28)24-18-20-26(21-19-24)40(43,44)45/h9-22H,7-8,23H2,1-6H3,(H,46,50). The molecule has 0 spiro atoms. The Bertz CT molecular complexity index is 2090. The highest BCUT2D eigenvalue weighted by Crippen LogP contribution is 2.36. The minimum atomic E-state index is -4.60. The summed E-state index contributed by atoms with van der Waals surface area (Å²) in [5.74, 6) is -8.19. The molecule has 0 aliphatic carbocycles. The fourth-order valence-corrected chi connectivity index (χ4v) is 5.67. The van der Waals surface area contributed by atoms with Gasteiger partial charge in [0, 0.05) is 52.9 Å². The molecule has 0 fully saturated rings. The van der Waals surface area contributed by atoms with Crippen molar-refractivity contribution in [3.8, 4) is 16.9 Å². The number of nitrogens with zero attached hydrogens (tertiary/aromatic N) is 3. The van der Waals surface area contributed by atoms with Gasteiger partial charge in [-0.15, -0.1) is 0 Å². The number of halogens is 5. The van der Waals surface area contributed by atoms with Gasteiger partial charge in [-0.2, -0.15) is 13.2 Å². The highest BCUT2D eigenvalue weighted by molar-refractivity contribution is 6.12.